The minimum absolute atomic E-state index is 0.0637. The van der Waals surface area contributed by atoms with Crippen LogP contribution < -0.4 is 15.4 Å². The zero-order chi connectivity index (χ0) is 15.1. The molecule has 2 rings (SSSR count). The van der Waals surface area contributed by atoms with Crippen LogP contribution in [-0.4, -0.2) is 25.6 Å². The van der Waals surface area contributed by atoms with Gasteiger partial charge in [0, 0.05) is 6.04 Å². The number of ether oxygens (including phenoxy) is 1. The molecule has 1 unspecified atom stereocenters. The van der Waals surface area contributed by atoms with Crippen molar-refractivity contribution in [2.75, 3.05) is 13.7 Å². The monoisotopic (exact) mass is 290 g/mol. The summed E-state index contributed by atoms with van der Waals surface area (Å²) in [5.41, 5.74) is 1.12. The molecule has 1 fully saturated rings. The van der Waals surface area contributed by atoms with E-state index < -0.39 is 0 Å². The Bertz CT molecular complexity index is 439. The van der Waals surface area contributed by atoms with E-state index in [1.165, 1.54) is 25.7 Å². The number of carbonyl (C=O) groups excluding carboxylic acids is 1. The minimum atomic E-state index is 0.0637. The Morgan fingerprint density at radius 1 is 1.29 bits per heavy atom. The molecule has 1 amide bonds. The number of methoxy groups -OCH3 is 1. The van der Waals surface area contributed by atoms with Crippen molar-refractivity contribution in [1.29, 1.82) is 0 Å². The van der Waals surface area contributed by atoms with Crippen LogP contribution in [0.5, 0.6) is 5.75 Å². The molecule has 1 saturated carbocycles. The molecular formula is C17H26N2O2. The van der Waals surface area contributed by atoms with E-state index in [4.69, 9.17) is 4.74 Å². The first-order valence-electron chi connectivity index (χ1n) is 7.89. The molecule has 0 bridgehead atoms. The van der Waals surface area contributed by atoms with Crippen LogP contribution >= 0.6 is 0 Å². The third-order valence-corrected chi connectivity index (χ3v) is 4.17. The number of hydrogen-bond acceptors (Lipinski definition) is 3. The van der Waals surface area contributed by atoms with Crippen molar-refractivity contribution in [2.45, 2.75) is 51.1 Å². The number of amides is 1. The van der Waals surface area contributed by atoms with Gasteiger partial charge in [-0.2, -0.15) is 0 Å². The summed E-state index contributed by atoms with van der Waals surface area (Å²) in [5, 5.41) is 6.45. The van der Waals surface area contributed by atoms with Gasteiger partial charge in [-0.15, -0.1) is 0 Å². The summed E-state index contributed by atoms with van der Waals surface area (Å²) >= 11 is 0. The molecule has 0 aliphatic heterocycles. The lowest BCUT2D eigenvalue weighted by molar-refractivity contribution is -0.121. The van der Waals surface area contributed by atoms with E-state index in [1.54, 1.807) is 7.11 Å². The van der Waals surface area contributed by atoms with Gasteiger partial charge in [0.2, 0.25) is 5.91 Å². The molecular weight excluding hydrogens is 264 g/mol. The summed E-state index contributed by atoms with van der Waals surface area (Å²) in [6.45, 7) is 2.50. The Morgan fingerprint density at radius 2 is 1.95 bits per heavy atom. The Balaban J connectivity index is 1.83. The van der Waals surface area contributed by atoms with Crippen LogP contribution in [0.25, 0.3) is 0 Å². The second kappa shape index (κ2) is 8.03. The average Bonchev–Trinajstić information content (AvgIpc) is 3.04. The van der Waals surface area contributed by atoms with Crippen molar-refractivity contribution in [3.8, 4) is 5.75 Å². The van der Waals surface area contributed by atoms with Crippen LogP contribution in [-0.2, 0) is 4.79 Å². The Kier molecular flexibility index (Phi) is 6.05. The normalized spacial score (nSPS) is 16.7. The maximum Gasteiger partial charge on any atom is 0.234 e. The Morgan fingerprint density at radius 3 is 2.52 bits per heavy atom. The fourth-order valence-electron chi connectivity index (χ4n) is 2.87. The van der Waals surface area contributed by atoms with E-state index >= 15 is 0 Å². The third-order valence-electron chi connectivity index (χ3n) is 4.17. The molecule has 0 saturated heterocycles. The van der Waals surface area contributed by atoms with Crippen molar-refractivity contribution < 1.29 is 9.53 Å². The number of hydrogen-bond donors (Lipinski definition) is 2. The summed E-state index contributed by atoms with van der Waals surface area (Å²) in [7, 11) is 1.66. The maximum atomic E-state index is 12.1. The highest BCUT2D eigenvalue weighted by Gasteiger charge is 2.17. The van der Waals surface area contributed by atoms with Crippen LogP contribution in [0.3, 0.4) is 0 Å². The SMILES string of the molecule is CCC(NC(=O)CNC1CCCC1)c1ccc(OC)cc1. The Labute approximate surface area is 127 Å². The molecule has 1 aliphatic carbocycles. The van der Waals surface area contributed by atoms with Gasteiger partial charge in [0.25, 0.3) is 0 Å². The highest BCUT2D eigenvalue weighted by molar-refractivity contribution is 5.78. The predicted molar refractivity (Wildman–Crippen MR) is 84.4 cm³/mol. The number of nitrogens with one attached hydrogen (secondary N) is 2. The first-order chi connectivity index (χ1) is 10.2. The highest BCUT2D eigenvalue weighted by atomic mass is 16.5. The summed E-state index contributed by atoms with van der Waals surface area (Å²) in [5.74, 6) is 0.910. The fraction of sp³-hybridized carbons (Fsp3) is 0.588. The van der Waals surface area contributed by atoms with Gasteiger partial charge in [0.05, 0.1) is 19.7 Å². The van der Waals surface area contributed by atoms with Crippen LogP contribution in [0.1, 0.15) is 50.6 Å². The average molecular weight is 290 g/mol. The molecule has 1 aromatic rings. The van der Waals surface area contributed by atoms with Crippen molar-refractivity contribution in [1.82, 2.24) is 10.6 Å². The Hall–Kier alpha value is -1.55. The van der Waals surface area contributed by atoms with Gasteiger partial charge in [-0.05, 0) is 37.0 Å². The van der Waals surface area contributed by atoms with Gasteiger partial charge in [0.15, 0.2) is 0 Å². The van der Waals surface area contributed by atoms with Crippen LogP contribution in [0.15, 0.2) is 24.3 Å². The predicted octanol–water partition coefficient (Wildman–Crippen LogP) is 2.79. The molecule has 0 radical (unpaired) electrons. The van der Waals surface area contributed by atoms with Gasteiger partial charge in [-0.3, -0.25) is 4.79 Å². The zero-order valence-electron chi connectivity index (χ0n) is 13.0. The van der Waals surface area contributed by atoms with Gasteiger partial charge in [0.1, 0.15) is 5.75 Å². The molecule has 4 heteroatoms. The lowest BCUT2D eigenvalue weighted by Gasteiger charge is -2.19. The molecule has 21 heavy (non-hydrogen) atoms. The van der Waals surface area contributed by atoms with Crippen molar-refractivity contribution in [2.24, 2.45) is 0 Å². The standard InChI is InChI=1S/C17H26N2O2/c1-3-16(13-8-10-15(21-2)11-9-13)19-17(20)12-18-14-6-4-5-7-14/h8-11,14,16,18H,3-7,12H2,1-2H3,(H,19,20). The van der Waals surface area contributed by atoms with Crippen LogP contribution in [0.2, 0.25) is 0 Å². The van der Waals surface area contributed by atoms with Gasteiger partial charge >= 0.3 is 0 Å². The van der Waals surface area contributed by atoms with E-state index in [0.29, 0.717) is 12.6 Å². The van der Waals surface area contributed by atoms with Crippen molar-refractivity contribution in [3.63, 3.8) is 0 Å². The second-order valence-electron chi connectivity index (χ2n) is 5.66. The first-order valence-corrected chi connectivity index (χ1v) is 7.89. The van der Waals surface area contributed by atoms with Crippen molar-refractivity contribution in [3.05, 3.63) is 29.8 Å². The molecule has 0 spiro atoms. The largest absolute Gasteiger partial charge is 0.497 e. The van der Waals surface area contributed by atoms with Crippen LogP contribution in [0, 0.1) is 0 Å². The molecule has 0 heterocycles. The molecule has 1 atom stereocenters. The summed E-state index contributed by atoms with van der Waals surface area (Å²) in [6, 6.07) is 8.47. The second-order valence-corrected chi connectivity index (χ2v) is 5.66. The molecule has 1 aliphatic rings. The summed E-state index contributed by atoms with van der Waals surface area (Å²) in [6.07, 6.45) is 5.83. The van der Waals surface area contributed by atoms with Gasteiger partial charge in [-0.1, -0.05) is 31.9 Å². The minimum Gasteiger partial charge on any atom is -0.497 e. The van der Waals surface area contributed by atoms with Gasteiger partial charge < -0.3 is 15.4 Å². The van der Waals surface area contributed by atoms with E-state index in [0.717, 1.165) is 17.7 Å². The molecule has 0 aromatic heterocycles. The summed E-state index contributed by atoms with van der Waals surface area (Å²) < 4.78 is 5.16. The quantitative estimate of drug-likeness (QED) is 0.812. The molecule has 2 N–H and O–H groups in total. The van der Waals surface area contributed by atoms with E-state index in [2.05, 4.69) is 17.6 Å². The first kappa shape index (κ1) is 15.8. The lowest BCUT2D eigenvalue weighted by Crippen LogP contribution is -2.39. The van der Waals surface area contributed by atoms with Crippen LogP contribution in [0.4, 0.5) is 0 Å². The van der Waals surface area contributed by atoms with E-state index in [1.807, 2.05) is 24.3 Å². The number of rotatable bonds is 7. The van der Waals surface area contributed by atoms with E-state index in [-0.39, 0.29) is 11.9 Å². The van der Waals surface area contributed by atoms with E-state index in [9.17, 15) is 4.79 Å². The smallest absolute Gasteiger partial charge is 0.234 e. The molecule has 4 nitrogen and oxygen atoms in total. The maximum absolute atomic E-state index is 12.1. The third kappa shape index (κ3) is 4.74. The highest BCUT2D eigenvalue weighted by Crippen LogP contribution is 2.20. The summed E-state index contributed by atoms with van der Waals surface area (Å²) in [4.78, 5) is 12.1. The zero-order valence-corrected chi connectivity index (χ0v) is 13.0. The lowest BCUT2D eigenvalue weighted by atomic mass is 10.0. The number of benzene rings is 1. The topological polar surface area (TPSA) is 50.4 Å². The number of carbonyl (C=O) groups is 1. The molecule has 116 valence electrons. The van der Waals surface area contributed by atoms with Gasteiger partial charge in [-0.25, -0.2) is 0 Å². The van der Waals surface area contributed by atoms with Crippen molar-refractivity contribution >= 4 is 5.91 Å². The molecule has 1 aromatic carbocycles. The fourth-order valence-corrected chi connectivity index (χ4v) is 2.87.